The van der Waals surface area contributed by atoms with Crippen molar-refractivity contribution in [2.45, 2.75) is 85.0 Å². The Hall–Kier alpha value is -3.49. The molecule has 0 aliphatic carbocycles. The smallest absolute Gasteiger partial charge is 0.337 e. The highest BCUT2D eigenvalue weighted by Gasteiger charge is 2.37. The molecule has 2 aliphatic heterocycles. The standard InChI is InChI=1S/C36H45FN2O5/c1-22-30(25-10-14-27(15-11-25)43-29-21-42-20-28(29)24-8-12-26(37)13-9-24)32(39-18-16-36(6,7)17-19-39)31(23(2)38-22)33(34(40)41)44-35(3,4)5/h8-15,28-29,33H,16-21H2,1-7H3,(H,40,41)/t28?,29?,33-/m0/s1. The van der Waals surface area contributed by atoms with E-state index in [4.69, 9.17) is 19.2 Å². The predicted molar refractivity (Wildman–Crippen MR) is 170 cm³/mol. The Labute approximate surface area is 260 Å². The van der Waals surface area contributed by atoms with Gasteiger partial charge in [0, 0.05) is 41.5 Å². The quantitative estimate of drug-likeness (QED) is 0.283. The van der Waals surface area contributed by atoms with E-state index in [2.05, 4.69) is 18.7 Å². The van der Waals surface area contributed by atoms with Gasteiger partial charge < -0.3 is 24.2 Å². The average molecular weight is 605 g/mol. The fraction of sp³-hybridized carbons (Fsp3) is 0.500. The first kappa shape index (κ1) is 31.9. The number of carboxylic acid groups (broad SMARTS) is 1. The maximum Gasteiger partial charge on any atom is 0.337 e. The summed E-state index contributed by atoms with van der Waals surface area (Å²) >= 11 is 0. The van der Waals surface area contributed by atoms with E-state index in [1.165, 1.54) is 12.1 Å². The third-order valence-corrected chi connectivity index (χ3v) is 8.73. The van der Waals surface area contributed by atoms with E-state index in [-0.39, 0.29) is 23.3 Å². The van der Waals surface area contributed by atoms with Gasteiger partial charge in [0.2, 0.25) is 0 Å². The summed E-state index contributed by atoms with van der Waals surface area (Å²) in [6.45, 7) is 16.6. The van der Waals surface area contributed by atoms with Crippen molar-refractivity contribution in [1.82, 2.24) is 4.98 Å². The van der Waals surface area contributed by atoms with Gasteiger partial charge in [0.05, 0.1) is 24.5 Å². The number of halogens is 1. The summed E-state index contributed by atoms with van der Waals surface area (Å²) in [5.41, 5.74) is 5.37. The number of aliphatic carboxylic acids is 1. The molecule has 5 rings (SSSR count). The molecule has 3 heterocycles. The van der Waals surface area contributed by atoms with E-state index >= 15 is 0 Å². The first-order valence-electron chi connectivity index (χ1n) is 15.5. The summed E-state index contributed by atoms with van der Waals surface area (Å²) < 4.78 is 31.8. The van der Waals surface area contributed by atoms with Crippen molar-refractivity contribution < 1.29 is 28.5 Å². The highest BCUT2D eigenvalue weighted by Crippen LogP contribution is 2.45. The molecule has 3 atom stereocenters. The Bertz CT molecular complexity index is 1470. The van der Waals surface area contributed by atoms with Crippen LogP contribution in [0.3, 0.4) is 0 Å². The van der Waals surface area contributed by atoms with E-state index < -0.39 is 17.7 Å². The Balaban J connectivity index is 1.53. The van der Waals surface area contributed by atoms with Gasteiger partial charge >= 0.3 is 5.97 Å². The summed E-state index contributed by atoms with van der Waals surface area (Å²) in [7, 11) is 0. The molecule has 0 bridgehead atoms. The third kappa shape index (κ3) is 7.08. The van der Waals surface area contributed by atoms with Crippen molar-refractivity contribution in [3.8, 4) is 16.9 Å². The molecule has 0 amide bonds. The molecule has 236 valence electrons. The number of rotatable bonds is 8. The summed E-state index contributed by atoms with van der Waals surface area (Å²) in [5.74, 6) is -0.587. The molecule has 2 unspecified atom stereocenters. The van der Waals surface area contributed by atoms with Gasteiger partial charge in [0.1, 0.15) is 17.7 Å². The molecule has 1 N–H and O–H groups in total. The van der Waals surface area contributed by atoms with Crippen molar-refractivity contribution in [3.05, 3.63) is 76.9 Å². The molecular formula is C36H45FN2O5. The van der Waals surface area contributed by atoms with Crippen molar-refractivity contribution in [1.29, 1.82) is 0 Å². The van der Waals surface area contributed by atoms with Crippen LogP contribution in [-0.2, 0) is 14.3 Å². The second-order valence-electron chi connectivity index (χ2n) is 13.9. The van der Waals surface area contributed by atoms with Crippen LogP contribution >= 0.6 is 0 Å². The van der Waals surface area contributed by atoms with Crippen molar-refractivity contribution in [3.63, 3.8) is 0 Å². The largest absolute Gasteiger partial charge is 0.487 e. The van der Waals surface area contributed by atoms with Crippen molar-refractivity contribution in [2.24, 2.45) is 5.41 Å². The number of anilines is 1. The molecule has 0 radical (unpaired) electrons. The lowest BCUT2D eigenvalue weighted by molar-refractivity contribution is -0.160. The van der Waals surface area contributed by atoms with Gasteiger partial charge in [-0.2, -0.15) is 0 Å². The molecular weight excluding hydrogens is 559 g/mol. The average Bonchev–Trinajstić information content (AvgIpc) is 3.40. The molecule has 2 aliphatic rings. The molecule has 2 aromatic carbocycles. The number of hydrogen-bond acceptors (Lipinski definition) is 6. The number of nitrogens with zero attached hydrogens (tertiary/aromatic N) is 2. The van der Waals surface area contributed by atoms with Crippen molar-refractivity contribution in [2.75, 3.05) is 31.2 Å². The summed E-state index contributed by atoms with van der Waals surface area (Å²) in [4.78, 5) is 19.9. The maximum absolute atomic E-state index is 13.5. The molecule has 0 saturated carbocycles. The third-order valence-electron chi connectivity index (χ3n) is 8.73. The Morgan fingerprint density at radius 3 is 2.25 bits per heavy atom. The number of aryl methyl sites for hydroxylation is 2. The van der Waals surface area contributed by atoms with E-state index in [1.807, 2.05) is 58.9 Å². The summed E-state index contributed by atoms with van der Waals surface area (Å²) in [6.07, 6.45) is 0.629. The van der Waals surface area contributed by atoms with Crippen molar-refractivity contribution >= 4 is 11.7 Å². The lowest BCUT2D eigenvalue weighted by Crippen LogP contribution is -2.39. The number of benzene rings is 2. The number of carboxylic acids is 1. The van der Waals surface area contributed by atoms with Gasteiger partial charge in [0.15, 0.2) is 6.10 Å². The monoisotopic (exact) mass is 604 g/mol. The second-order valence-corrected chi connectivity index (χ2v) is 13.9. The summed E-state index contributed by atoms with van der Waals surface area (Å²) in [6, 6.07) is 14.4. The van der Waals surface area contributed by atoms with Crippen LogP contribution in [0.25, 0.3) is 11.1 Å². The molecule has 2 fully saturated rings. The van der Waals surface area contributed by atoms with Crippen LogP contribution in [0, 0.1) is 25.1 Å². The van der Waals surface area contributed by atoms with Gasteiger partial charge in [-0.05, 0) is 88.3 Å². The van der Waals surface area contributed by atoms with Gasteiger partial charge in [-0.15, -0.1) is 0 Å². The molecule has 8 heteroatoms. The molecule has 2 saturated heterocycles. The number of piperidine rings is 1. The number of ether oxygens (including phenoxy) is 3. The highest BCUT2D eigenvalue weighted by molar-refractivity contribution is 5.88. The fourth-order valence-electron chi connectivity index (χ4n) is 6.30. The number of hydrogen-bond donors (Lipinski definition) is 1. The minimum absolute atomic E-state index is 0.00657. The number of pyridine rings is 1. The molecule has 44 heavy (non-hydrogen) atoms. The Morgan fingerprint density at radius 1 is 1.02 bits per heavy atom. The lowest BCUT2D eigenvalue weighted by atomic mass is 9.82. The first-order chi connectivity index (χ1) is 20.7. The normalized spacial score (nSPS) is 20.9. The lowest BCUT2D eigenvalue weighted by Gasteiger charge is -2.41. The van der Waals surface area contributed by atoms with Gasteiger partial charge in [0.25, 0.3) is 0 Å². The van der Waals surface area contributed by atoms with Gasteiger partial charge in [-0.3, -0.25) is 4.98 Å². The first-order valence-corrected chi connectivity index (χ1v) is 15.5. The molecule has 1 aromatic heterocycles. The zero-order valence-corrected chi connectivity index (χ0v) is 26.9. The van der Waals surface area contributed by atoms with Crippen LogP contribution in [0.5, 0.6) is 5.75 Å². The predicted octanol–water partition coefficient (Wildman–Crippen LogP) is 7.63. The minimum Gasteiger partial charge on any atom is -0.487 e. The van der Waals surface area contributed by atoms with Crippen LogP contribution < -0.4 is 9.64 Å². The zero-order chi connectivity index (χ0) is 31.8. The molecule has 7 nitrogen and oxygen atoms in total. The minimum atomic E-state index is -1.17. The summed E-state index contributed by atoms with van der Waals surface area (Å²) in [5, 5.41) is 10.4. The highest BCUT2D eigenvalue weighted by atomic mass is 19.1. The van der Waals surface area contributed by atoms with Gasteiger partial charge in [-0.25, -0.2) is 9.18 Å². The van der Waals surface area contributed by atoms with E-state index in [9.17, 15) is 14.3 Å². The number of carbonyl (C=O) groups is 1. The number of aromatic nitrogens is 1. The second kappa shape index (κ2) is 12.5. The SMILES string of the molecule is Cc1nc(C)c([C@H](OC(C)(C)C)C(=O)O)c(N2CCC(C)(C)CC2)c1-c1ccc(OC2COCC2c2ccc(F)cc2)cc1. The van der Waals surface area contributed by atoms with Gasteiger partial charge in [-0.1, -0.05) is 38.1 Å². The Kier molecular flexibility index (Phi) is 9.06. The Morgan fingerprint density at radius 2 is 1.66 bits per heavy atom. The zero-order valence-electron chi connectivity index (χ0n) is 26.9. The van der Waals surface area contributed by atoms with Crippen LogP contribution in [0.2, 0.25) is 0 Å². The fourth-order valence-corrected chi connectivity index (χ4v) is 6.30. The topological polar surface area (TPSA) is 81.1 Å². The van der Waals surface area contributed by atoms with E-state index in [0.717, 1.165) is 54.0 Å². The molecule has 3 aromatic rings. The van der Waals surface area contributed by atoms with Crippen LogP contribution in [-0.4, -0.2) is 54.1 Å². The van der Waals surface area contributed by atoms with Crippen LogP contribution in [0.4, 0.5) is 10.1 Å². The van der Waals surface area contributed by atoms with E-state index in [1.54, 1.807) is 12.1 Å². The van der Waals surface area contributed by atoms with Crippen LogP contribution in [0.15, 0.2) is 48.5 Å². The van der Waals surface area contributed by atoms with E-state index in [0.29, 0.717) is 30.2 Å². The molecule has 0 spiro atoms. The van der Waals surface area contributed by atoms with Crippen LogP contribution in [0.1, 0.15) is 82.0 Å². The maximum atomic E-state index is 13.5.